The molecule has 0 aliphatic carbocycles. The van der Waals surface area contributed by atoms with Crippen molar-refractivity contribution in [3.05, 3.63) is 72.6 Å². The number of methoxy groups -OCH3 is 2. The number of benzene rings is 2. The van der Waals surface area contributed by atoms with Gasteiger partial charge in [-0.05, 0) is 60.3 Å². The van der Waals surface area contributed by atoms with E-state index in [0.717, 1.165) is 71.6 Å². The van der Waals surface area contributed by atoms with Crippen LogP contribution in [0.1, 0.15) is 82.5 Å². The number of alkyl carbamates (subject to hydrolysis) is 2. The topological polar surface area (TPSA) is 193 Å². The van der Waals surface area contributed by atoms with Gasteiger partial charge in [-0.25, -0.2) is 19.6 Å². The molecule has 6 rings (SSSR count). The van der Waals surface area contributed by atoms with Crippen molar-refractivity contribution in [2.45, 2.75) is 83.0 Å². The predicted octanol–water partition coefficient (Wildman–Crippen LogP) is 6.04. The molecule has 4 atom stereocenters. The molecule has 0 saturated carbocycles. The first kappa shape index (κ1) is 40.0. The zero-order chi connectivity index (χ0) is 39.6. The highest BCUT2D eigenvalue weighted by Gasteiger charge is 2.37. The Bertz CT molecular complexity index is 1940. The van der Waals surface area contributed by atoms with Crippen molar-refractivity contribution in [2.24, 2.45) is 5.92 Å². The van der Waals surface area contributed by atoms with Gasteiger partial charge < -0.3 is 45.0 Å². The lowest BCUT2D eigenvalue weighted by molar-refractivity contribution is -0.135. The predicted molar refractivity (Wildman–Crippen MR) is 209 cm³/mol. The molecule has 15 heteroatoms. The second kappa shape index (κ2) is 18.8. The Labute approximate surface area is 326 Å². The van der Waals surface area contributed by atoms with Crippen molar-refractivity contribution in [1.29, 1.82) is 0 Å². The van der Waals surface area contributed by atoms with Gasteiger partial charge in [-0.1, -0.05) is 75.2 Å². The third-order valence-electron chi connectivity index (χ3n) is 10.4. The van der Waals surface area contributed by atoms with Crippen LogP contribution in [0, 0.1) is 5.92 Å². The molecule has 0 bridgehead atoms. The van der Waals surface area contributed by atoms with Gasteiger partial charge in [0.15, 0.2) is 0 Å². The first-order valence-electron chi connectivity index (χ1n) is 19.3. The fourth-order valence-corrected chi connectivity index (χ4v) is 7.24. The van der Waals surface area contributed by atoms with E-state index < -0.39 is 30.3 Å². The minimum atomic E-state index is -0.708. The van der Waals surface area contributed by atoms with E-state index in [1.807, 2.05) is 38.1 Å². The van der Waals surface area contributed by atoms with Crippen LogP contribution < -0.4 is 16.0 Å². The highest BCUT2D eigenvalue weighted by molar-refractivity contribution is 5.87. The summed E-state index contributed by atoms with van der Waals surface area (Å²) in [5.74, 6) is 0.780. The van der Waals surface area contributed by atoms with E-state index in [1.54, 1.807) is 17.3 Å². The van der Waals surface area contributed by atoms with Crippen LogP contribution in [0.4, 0.5) is 9.59 Å². The molecule has 2 aromatic heterocycles. The molecule has 4 amide bonds. The molecule has 2 aliphatic heterocycles. The molecule has 56 heavy (non-hydrogen) atoms. The van der Waals surface area contributed by atoms with E-state index in [9.17, 15) is 19.2 Å². The monoisotopic (exact) mass is 768 g/mol. The van der Waals surface area contributed by atoms with Crippen LogP contribution in [0.3, 0.4) is 0 Å². The van der Waals surface area contributed by atoms with Gasteiger partial charge in [0.25, 0.3) is 0 Å². The maximum atomic E-state index is 13.5. The van der Waals surface area contributed by atoms with E-state index in [1.165, 1.54) is 14.2 Å². The summed E-state index contributed by atoms with van der Waals surface area (Å²) in [7, 11) is 2.57. The summed E-state index contributed by atoms with van der Waals surface area (Å²) < 4.78 is 15.3. The number of hydrogen-bond donors (Lipinski definition) is 5. The molecule has 0 spiro atoms. The number of imidazole rings is 2. The van der Waals surface area contributed by atoms with Crippen LogP contribution in [0.15, 0.2) is 60.9 Å². The SMILES string of the molecule is COC(=O)N[C@H]1CCCCCOCC[C@@H](c2ncc(-c3ccc(-c4ccc(-c5cnc([C@@H]6CCCN6C(=O)[C@@H](NC(=O)OC)C(C)C)[nH]5)cc4)cc3)[nH]2)NC1=O. The van der Waals surface area contributed by atoms with Crippen LogP contribution in [-0.2, 0) is 23.8 Å². The fourth-order valence-electron chi connectivity index (χ4n) is 7.24. The van der Waals surface area contributed by atoms with Crippen LogP contribution in [-0.4, -0.2) is 94.9 Å². The highest BCUT2D eigenvalue weighted by Crippen LogP contribution is 2.33. The number of ether oxygens (including phenoxy) is 3. The van der Waals surface area contributed by atoms with Gasteiger partial charge in [0, 0.05) is 19.8 Å². The van der Waals surface area contributed by atoms with Crippen molar-refractivity contribution in [2.75, 3.05) is 34.0 Å². The third kappa shape index (κ3) is 9.75. The van der Waals surface area contributed by atoms with Gasteiger partial charge in [-0.2, -0.15) is 0 Å². The molecule has 0 radical (unpaired) electrons. The van der Waals surface area contributed by atoms with E-state index in [4.69, 9.17) is 14.2 Å². The molecule has 2 aliphatic rings. The van der Waals surface area contributed by atoms with Crippen molar-refractivity contribution < 1.29 is 33.4 Å². The van der Waals surface area contributed by atoms with Crippen molar-refractivity contribution in [3.8, 4) is 33.6 Å². The summed E-state index contributed by atoms with van der Waals surface area (Å²) in [6.07, 6.45) is 7.49. The van der Waals surface area contributed by atoms with Gasteiger partial charge in [-0.15, -0.1) is 0 Å². The van der Waals surface area contributed by atoms with Crippen molar-refractivity contribution in [1.82, 2.24) is 40.8 Å². The van der Waals surface area contributed by atoms with Crippen molar-refractivity contribution >= 4 is 24.0 Å². The van der Waals surface area contributed by atoms with Crippen LogP contribution in [0.25, 0.3) is 33.6 Å². The lowest BCUT2D eigenvalue weighted by Gasteiger charge is -2.30. The van der Waals surface area contributed by atoms with E-state index in [0.29, 0.717) is 38.4 Å². The minimum Gasteiger partial charge on any atom is -0.453 e. The lowest BCUT2D eigenvalue weighted by Crippen LogP contribution is -2.51. The summed E-state index contributed by atoms with van der Waals surface area (Å²) in [5, 5.41) is 8.42. The number of nitrogens with one attached hydrogen (secondary N) is 5. The molecule has 4 heterocycles. The summed E-state index contributed by atoms with van der Waals surface area (Å²) in [4.78, 5) is 68.6. The number of carbonyl (C=O) groups is 4. The number of likely N-dealkylation sites (tertiary alicyclic amines) is 1. The molecular formula is C41H52N8O7. The van der Waals surface area contributed by atoms with Gasteiger partial charge in [-0.3, -0.25) is 9.59 Å². The highest BCUT2D eigenvalue weighted by atomic mass is 16.5. The molecule has 2 saturated heterocycles. The minimum absolute atomic E-state index is 0.108. The lowest BCUT2D eigenvalue weighted by atomic mass is 10.0. The number of hydrogen-bond acceptors (Lipinski definition) is 9. The summed E-state index contributed by atoms with van der Waals surface area (Å²) in [6.45, 7) is 5.48. The normalized spacial score (nSPS) is 20.0. The number of carbonyl (C=O) groups excluding carboxylic acids is 4. The Hall–Kier alpha value is -5.70. The van der Waals surface area contributed by atoms with Crippen LogP contribution in [0.2, 0.25) is 0 Å². The number of aromatic amines is 2. The molecule has 298 valence electrons. The summed E-state index contributed by atoms with van der Waals surface area (Å²) in [6, 6.07) is 14.3. The number of amides is 4. The van der Waals surface area contributed by atoms with Gasteiger partial charge >= 0.3 is 12.2 Å². The van der Waals surface area contributed by atoms with E-state index in [2.05, 4.69) is 60.2 Å². The van der Waals surface area contributed by atoms with Crippen molar-refractivity contribution in [3.63, 3.8) is 0 Å². The molecule has 15 nitrogen and oxygen atoms in total. The second-order valence-corrected chi connectivity index (χ2v) is 14.6. The number of rotatable bonds is 9. The summed E-state index contributed by atoms with van der Waals surface area (Å²) in [5.41, 5.74) is 5.65. The maximum absolute atomic E-state index is 13.5. The Balaban J connectivity index is 1.11. The van der Waals surface area contributed by atoms with Gasteiger partial charge in [0.1, 0.15) is 23.7 Å². The van der Waals surface area contributed by atoms with Gasteiger partial charge in [0.05, 0.1) is 50.1 Å². The molecule has 2 aromatic carbocycles. The smallest absolute Gasteiger partial charge is 0.407 e. The standard InChI is InChI=1S/C41H52N8O7/c1-25(2)35(48-41(53)55-4)39(51)49-20-8-10-34(49)37-43-24-33(45-37)29-17-13-27(14-18-29)26-11-15-28(16-12-26)32-23-42-36(44-32)30-19-22-56-21-7-5-6-9-31(38(50)46-30)47-40(52)54-3/h11-18,23-25,30-31,34-35H,5-10,19-22H2,1-4H3,(H,42,44)(H,43,45)(H,46,50)(H,47,52)(H,48,53)/t30-,31-,34-,35-/m0/s1. The first-order valence-corrected chi connectivity index (χ1v) is 19.3. The number of aromatic nitrogens is 4. The molecule has 4 aromatic rings. The average molecular weight is 769 g/mol. The zero-order valence-electron chi connectivity index (χ0n) is 32.4. The third-order valence-corrected chi connectivity index (χ3v) is 10.4. The second-order valence-electron chi connectivity index (χ2n) is 14.6. The Morgan fingerprint density at radius 1 is 0.768 bits per heavy atom. The average Bonchev–Trinajstić information content (AvgIpc) is 4.01. The maximum Gasteiger partial charge on any atom is 0.407 e. The largest absolute Gasteiger partial charge is 0.453 e. The quantitative estimate of drug-likeness (QED) is 0.135. The van der Waals surface area contributed by atoms with Crippen LogP contribution >= 0.6 is 0 Å². The summed E-state index contributed by atoms with van der Waals surface area (Å²) >= 11 is 0. The Kier molecular flexibility index (Phi) is 13.4. The van der Waals surface area contributed by atoms with E-state index in [-0.39, 0.29) is 23.8 Å². The fraction of sp³-hybridized carbons (Fsp3) is 0.463. The first-order chi connectivity index (χ1) is 27.1. The van der Waals surface area contributed by atoms with Crippen LogP contribution in [0.5, 0.6) is 0 Å². The van der Waals surface area contributed by atoms with Gasteiger partial charge in [0.2, 0.25) is 11.8 Å². The Morgan fingerprint density at radius 3 is 2.00 bits per heavy atom. The zero-order valence-corrected chi connectivity index (χ0v) is 32.4. The molecular weight excluding hydrogens is 716 g/mol. The molecule has 2 fully saturated rings. The molecule has 0 unspecified atom stereocenters. The number of nitrogens with zero attached hydrogens (tertiary/aromatic N) is 3. The number of H-pyrrole nitrogens is 2. The molecule has 5 N–H and O–H groups in total. The van der Waals surface area contributed by atoms with E-state index >= 15 is 0 Å². The Morgan fingerprint density at radius 2 is 1.38 bits per heavy atom.